The summed E-state index contributed by atoms with van der Waals surface area (Å²) in [5.41, 5.74) is 5.33. The number of hydrogen-bond donors (Lipinski definition) is 1. The molecule has 0 radical (unpaired) electrons. The van der Waals surface area contributed by atoms with Gasteiger partial charge in [-0.3, -0.25) is 4.79 Å². The summed E-state index contributed by atoms with van der Waals surface area (Å²) in [5, 5.41) is 9.09. The normalized spacial score (nSPS) is 13.2. The van der Waals surface area contributed by atoms with Gasteiger partial charge in [-0.1, -0.05) is 59.8 Å². The number of hydrogen-bond acceptors (Lipinski definition) is 4. The Hall–Kier alpha value is -2.92. The van der Waals surface area contributed by atoms with E-state index in [1.54, 1.807) is 11.3 Å². The molecule has 1 aliphatic carbocycles. The number of thiophene rings is 1. The number of nitrogens with zero attached hydrogens (tertiary/aromatic N) is 1. The molecule has 0 saturated heterocycles. The second kappa shape index (κ2) is 7.14. The molecule has 2 aromatic carbocycles. The van der Waals surface area contributed by atoms with Crippen LogP contribution in [0, 0.1) is 0 Å². The first-order valence-corrected chi connectivity index (χ1v) is 9.30. The van der Waals surface area contributed by atoms with Crippen LogP contribution in [0.3, 0.4) is 0 Å². The zero-order valence-electron chi connectivity index (χ0n) is 14.3. The summed E-state index contributed by atoms with van der Waals surface area (Å²) in [4.78, 5) is 18.7. The van der Waals surface area contributed by atoms with Gasteiger partial charge in [-0.25, -0.2) is 0 Å². The number of oxime groups is 1. The van der Waals surface area contributed by atoms with Gasteiger partial charge in [0.25, 0.3) is 5.91 Å². The molecule has 26 heavy (non-hydrogen) atoms. The highest BCUT2D eigenvalue weighted by molar-refractivity contribution is 7.12. The van der Waals surface area contributed by atoms with Crippen molar-refractivity contribution in [2.75, 3.05) is 6.61 Å². The number of rotatable bonds is 5. The van der Waals surface area contributed by atoms with Gasteiger partial charge in [0.15, 0.2) is 6.61 Å². The van der Waals surface area contributed by atoms with Crippen LogP contribution in [-0.4, -0.2) is 18.2 Å². The lowest BCUT2D eigenvalue weighted by Gasteiger charge is -2.15. The summed E-state index contributed by atoms with van der Waals surface area (Å²) in [5.74, 6) is -0.191. The third-order valence-electron chi connectivity index (χ3n) is 4.41. The molecule has 4 nitrogen and oxygen atoms in total. The lowest BCUT2D eigenvalue weighted by atomic mass is 10.1. The molecule has 0 saturated carbocycles. The zero-order chi connectivity index (χ0) is 17.9. The Balaban J connectivity index is 1.46. The van der Waals surface area contributed by atoms with Crippen molar-refractivity contribution in [3.05, 3.63) is 82.0 Å². The molecule has 0 bridgehead atoms. The van der Waals surface area contributed by atoms with E-state index in [-0.39, 0.29) is 18.6 Å². The largest absolute Gasteiger partial charge is 0.385 e. The summed E-state index contributed by atoms with van der Waals surface area (Å²) < 4.78 is 0. The first-order chi connectivity index (χ1) is 12.7. The molecule has 5 heteroatoms. The lowest BCUT2D eigenvalue weighted by Crippen LogP contribution is -2.31. The third kappa shape index (κ3) is 3.13. The summed E-state index contributed by atoms with van der Waals surface area (Å²) in [6, 6.07) is 20.1. The summed E-state index contributed by atoms with van der Waals surface area (Å²) in [6.45, 7) is 1.76. The molecule has 0 atom stereocenters. The highest BCUT2D eigenvalue weighted by Gasteiger charge is 2.29. The van der Waals surface area contributed by atoms with Gasteiger partial charge in [0.1, 0.15) is 0 Å². The van der Waals surface area contributed by atoms with Crippen molar-refractivity contribution in [2.24, 2.45) is 5.16 Å². The molecular formula is C21H18N2O2S. The minimum atomic E-state index is -0.191. The Bertz CT molecular complexity index is 918. The highest BCUT2D eigenvalue weighted by atomic mass is 32.1. The van der Waals surface area contributed by atoms with Gasteiger partial charge in [-0.2, -0.15) is 0 Å². The van der Waals surface area contributed by atoms with Crippen LogP contribution in [0.25, 0.3) is 11.1 Å². The van der Waals surface area contributed by atoms with Gasteiger partial charge in [0, 0.05) is 0 Å². The number of benzene rings is 2. The average molecular weight is 362 g/mol. The summed E-state index contributed by atoms with van der Waals surface area (Å²) in [6.07, 6.45) is 0. The Labute approximate surface area is 156 Å². The maximum absolute atomic E-state index is 12.4. The van der Waals surface area contributed by atoms with Crippen LogP contribution >= 0.6 is 11.3 Å². The van der Waals surface area contributed by atoms with Crippen molar-refractivity contribution in [1.82, 2.24) is 5.32 Å². The van der Waals surface area contributed by atoms with E-state index >= 15 is 0 Å². The molecule has 1 aliphatic rings. The number of fused-ring (bicyclic) bond motifs is 3. The SMILES string of the molecule is C/C(=N/OCC(=O)NC1c2ccccc2-c2ccccc21)c1cccs1. The number of carbonyl (C=O) groups is 1. The molecule has 4 rings (SSSR count). The van der Waals surface area contributed by atoms with Gasteiger partial charge in [-0.15, -0.1) is 11.3 Å². The maximum Gasteiger partial charge on any atom is 0.261 e. The van der Waals surface area contributed by atoms with Crippen LogP contribution in [-0.2, 0) is 9.63 Å². The molecule has 0 unspecified atom stereocenters. The van der Waals surface area contributed by atoms with Crippen LogP contribution < -0.4 is 5.32 Å². The maximum atomic E-state index is 12.4. The van der Waals surface area contributed by atoms with Crippen molar-refractivity contribution in [3.63, 3.8) is 0 Å². The van der Waals surface area contributed by atoms with Crippen LogP contribution in [0.15, 0.2) is 71.2 Å². The fraction of sp³-hybridized carbons (Fsp3) is 0.143. The number of amides is 1. The predicted octanol–water partition coefficient (Wildman–Crippen LogP) is 4.37. The fourth-order valence-corrected chi connectivity index (χ4v) is 3.90. The first-order valence-electron chi connectivity index (χ1n) is 8.42. The van der Waals surface area contributed by atoms with Crippen LogP contribution in [0.1, 0.15) is 29.0 Å². The van der Waals surface area contributed by atoms with Crippen molar-refractivity contribution in [2.45, 2.75) is 13.0 Å². The molecule has 130 valence electrons. The molecule has 0 spiro atoms. The standard InChI is InChI=1S/C21H18N2O2S/c1-14(19-11-6-12-26-19)23-25-13-20(24)22-21-17-9-4-2-7-15(17)16-8-3-5-10-18(16)21/h2-12,21H,13H2,1H3,(H,22,24)/b23-14-. The molecular weight excluding hydrogens is 344 g/mol. The van der Waals surface area contributed by atoms with Crippen molar-refractivity contribution < 1.29 is 9.63 Å². The van der Waals surface area contributed by atoms with Gasteiger partial charge >= 0.3 is 0 Å². The van der Waals surface area contributed by atoms with E-state index in [4.69, 9.17) is 4.84 Å². The second-order valence-electron chi connectivity index (χ2n) is 6.10. The van der Waals surface area contributed by atoms with Crippen LogP contribution in [0.5, 0.6) is 0 Å². The monoisotopic (exact) mass is 362 g/mol. The summed E-state index contributed by atoms with van der Waals surface area (Å²) in [7, 11) is 0. The Morgan fingerprint density at radius 2 is 1.69 bits per heavy atom. The molecule has 1 heterocycles. The van der Waals surface area contributed by atoms with Gasteiger partial charge < -0.3 is 10.2 Å². The number of nitrogens with one attached hydrogen (secondary N) is 1. The Morgan fingerprint density at radius 1 is 1.04 bits per heavy atom. The fourth-order valence-electron chi connectivity index (χ4n) is 3.23. The van der Waals surface area contributed by atoms with E-state index in [1.165, 1.54) is 11.1 Å². The molecule has 0 aliphatic heterocycles. The van der Waals surface area contributed by atoms with E-state index in [9.17, 15) is 4.79 Å². The quantitative estimate of drug-likeness (QED) is 0.541. The van der Waals surface area contributed by atoms with E-state index in [1.807, 2.05) is 48.7 Å². The lowest BCUT2D eigenvalue weighted by molar-refractivity contribution is -0.126. The molecule has 0 fully saturated rings. The average Bonchev–Trinajstić information content (AvgIpc) is 3.30. The molecule has 1 amide bonds. The molecule has 1 N–H and O–H groups in total. The van der Waals surface area contributed by atoms with Crippen LogP contribution in [0.4, 0.5) is 0 Å². The van der Waals surface area contributed by atoms with Crippen LogP contribution in [0.2, 0.25) is 0 Å². The van der Waals surface area contributed by atoms with Gasteiger partial charge in [0.2, 0.25) is 0 Å². The van der Waals surface area contributed by atoms with E-state index in [0.717, 1.165) is 21.7 Å². The van der Waals surface area contributed by atoms with Crippen molar-refractivity contribution >= 4 is 23.0 Å². The smallest absolute Gasteiger partial charge is 0.261 e. The first kappa shape index (κ1) is 16.5. The van der Waals surface area contributed by atoms with E-state index < -0.39 is 0 Å². The van der Waals surface area contributed by atoms with E-state index in [0.29, 0.717) is 0 Å². The highest BCUT2D eigenvalue weighted by Crippen LogP contribution is 2.42. The van der Waals surface area contributed by atoms with Gasteiger partial charge in [0.05, 0.1) is 16.6 Å². The van der Waals surface area contributed by atoms with E-state index in [2.05, 4.69) is 34.7 Å². The minimum Gasteiger partial charge on any atom is -0.385 e. The van der Waals surface area contributed by atoms with Crippen molar-refractivity contribution in [3.8, 4) is 11.1 Å². The summed E-state index contributed by atoms with van der Waals surface area (Å²) >= 11 is 1.59. The van der Waals surface area contributed by atoms with Crippen molar-refractivity contribution in [1.29, 1.82) is 0 Å². The van der Waals surface area contributed by atoms with Gasteiger partial charge in [-0.05, 0) is 40.6 Å². The Kier molecular flexibility index (Phi) is 4.54. The second-order valence-corrected chi connectivity index (χ2v) is 7.05. The Morgan fingerprint density at radius 3 is 2.31 bits per heavy atom. The zero-order valence-corrected chi connectivity index (χ0v) is 15.1. The topological polar surface area (TPSA) is 50.7 Å². The molecule has 1 aromatic heterocycles. The third-order valence-corrected chi connectivity index (χ3v) is 5.39. The predicted molar refractivity (Wildman–Crippen MR) is 104 cm³/mol. The number of carbonyl (C=O) groups excluding carboxylic acids is 1. The minimum absolute atomic E-state index is 0.108. The molecule has 3 aromatic rings.